The fourth-order valence-corrected chi connectivity index (χ4v) is 3.85. The Bertz CT molecular complexity index is 1070. The zero-order chi connectivity index (χ0) is 28.8. The highest BCUT2D eigenvalue weighted by molar-refractivity contribution is 5.89. The molecule has 9 nitrogen and oxygen atoms in total. The number of amides is 2. The van der Waals surface area contributed by atoms with Crippen molar-refractivity contribution in [2.45, 2.75) is 45.8 Å². The predicted molar refractivity (Wildman–Crippen MR) is 146 cm³/mol. The van der Waals surface area contributed by atoms with Gasteiger partial charge in [0, 0.05) is 31.3 Å². The Labute approximate surface area is 228 Å². The molecule has 0 spiro atoms. The molecule has 0 aromatic heterocycles. The molecule has 1 aliphatic heterocycles. The molecule has 0 atom stereocenters. The van der Waals surface area contributed by atoms with Crippen molar-refractivity contribution in [1.29, 1.82) is 0 Å². The Balaban J connectivity index is 0.000000580. The molecule has 0 bridgehead atoms. The van der Waals surface area contributed by atoms with Crippen LogP contribution in [0.4, 0.5) is 9.18 Å². The van der Waals surface area contributed by atoms with Gasteiger partial charge in [-0.15, -0.1) is 0 Å². The molecule has 2 aromatic rings. The number of rotatable bonds is 10. The number of hydrogen-bond acceptors (Lipinski definition) is 5. The molecule has 212 valence electrons. The first-order valence-electron chi connectivity index (χ1n) is 12.9. The van der Waals surface area contributed by atoms with E-state index < -0.39 is 11.9 Å². The summed E-state index contributed by atoms with van der Waals surface area (Å²) in [6.45, 7) is 7.78. The second kappa shape index (κ2) is 16.1. The Kier molecular flexibility index (Phi) is 12.9. The number of ether oxygens (including phenoxy) is 1. The number of nitrogens with one attached hydrogen (secondary N) is 1. The minimum atomic E-state index is -1.26. The summed E-state index contributed by atoms with van der Waals surface area (Å²) in [6, 6.07) is 14.3. The molecule has 3 N–H and O–H groups in total. The zero-order valence-electron chi connectivity index (χ0n) is 22.7. The van der Waals surface area contributed by atoms with Crippen LogP contribution in [0.25, 0.3) is 0 Å². The maximum Gasteiger partial charge on any atom is 0.328 e. The van der Waals surface area contributed by atoms with Crippen molar-refractivity contribution in [1.82, 2.24) is 15.1 Å². The average Bonchev–Trinajstić information content (AvgIpc) is 2.90. The largest absolute Gasteiger partial charge is 0.493 e. The molecule has 1 saturated heterocycles. The smallest absolute Gasteiger partial charge is 0.328 e. The fourth-order valence-electron chi connectivity index (χ4n) is 3.85. The van der Waals surface area contributed by atoms with E-state index in [1.54, 1.807) is 12.1 Å². The molecule has 39 heavy (non-hydrogen) atoms. The number of halogens is 1. The zero-order valence-corrected chi connectivity index (χ0v) is 22.7. The Morgan fingerprint density at radius 3 is 2.05 bits per heavy atom. The number of likely N-dealkylation sites (tertiary alicyclic amines) is 1. The number of carbonyl (C=O) groups excluding carboxylic acids is 1. The van der Waals surface area contributed by atoms with Gasteiger partial charge in [0.15, 0.2) is 0 Å². The molecule has 1 heterocycles. The summed E-state index contributed by atoms with van der Waals surface area (Å²) in [7, 11) is 2.11. The SMILES string of the molecule is CC(C)COc1ccc(CNC(=O)N(Cc2ccc(F)cc2)C2CCN(C)CC2)cc1.O=C(O)C=CC(=O)O. The minimum absolute atomic E-state index is 0.0842. The van der Waals surface area contributed by atoms with Gasteiger partial charge in [0.05, 0.1) is 6.61 Å². The van der Waals surface area contributed by atoms with Gasteiger partial charge in [-0.2, -0.15) is 0 Å². The normalized spacial score (nSPS) is 14.0. The highest BCUT2D eigenvalue weighted by Gasteiger charge is 2.27. The lowest BCUT2D eigenvalue weighted by Crippen LogP contribution is -2.49. The number of nitrogens with zero attached hydrogens (tertiary/aromatic N) is 2. The van der Waals surface area contributed by atoms with Gasteiger partial charge in [-0.3, -0.25) is 0 Å². The van der Waals surface area contributed by atoms with Crippen LogP contribution < -0.4 is 10.1 Å². The summed E-state index contributed by atoms with van der Waals surface area (Å²) >= 11 is 0. The number of piperidine rings is 1. The molecule has 3 rings (SSSR count). The Morgan fingerprint density at radius 2 is 1.54 bits per heavy atom. The van der Waals surface area contributed by atoms with E-state index in [4.69, 9.17) is 14.9 Å². The third-order valence-electron chi connectivity index (χ3n) is 5.97. The number of aliphatic carboxylic acids is 2. The van der Waals surface area contributed by atoms with Crippen molar-refractivity contribution < 1.29 is 33.7 Å². The number of carbonyl (C=O) groups is 3. The van der Waals surface area contributed by atoms with Crippen LogP contribution in [0.3, 0.4) is 0 Å². The average molecular weight is 544 g/mol. The van der Waals surface area contributed by atoms with Gasteiger partial charge in [-0.25, -0.2) is 18.8 Å². The van der Waals surface area contributed by atoms with Gasteiger partial charge < -0.3 is 30.1 Å². The number of benzene rings is 2. The van der Waals surface area contributed by atoms with Gasteiger partial charge in [0.1, 0.15) is 11.6 Å². The second-order valence-corrected chi connectivity index (χ2v) is 9.81. The molecule has 0 unspecified atom stereocenters. The lowest BCUT2D eigenvalue weighted by Gasteiger charge is -2.37. The van der Waals surface area contributed by atoms with Crippen LogP contribution in [0.15, 0.2) is 60.7 Å². The van der Waals surface area contributed by atoms with Gasteiger partial charge in [0.25, 0.3) is 0 Å². The molecular formula is C29H38FN3O6. The number of carboxylic acid groups (broad SMARTS) is 2. The molecular weight excluding hydrogens is 505 g/mol. The van der Waals surface area contributed by atoms with Crippen molar-refractivity contribution in [3.8, 4) is 5.75 Å². The molecule has 10 heteroatoms. The molecule has 2 aromatic carbocycles. The number of urea groups is 1. The summed E-state index contributed by atoms with van der Waals surface area (Å²) in [5, 5.41) is 18.7. The molecule has 0 aliphatic carbocycles. The van der Waals surface area contributed by atoms with E-state index in [2.05, 4.69) is 31.1 Å². The lowest BCUT2D eigenvalue weighted by molar-refractivity contribution is -0.134. The van der Waals surface area contributed by atoms with E-state index in [1.165, 1.54) is 12.1 Å². The van der Waals surface area contributed by atoms with Crippen LogP contribution in [0.5, 0.6) is 5.75 Å². The van der Waals surface area contributed by atoms with E-state index in [0.29, 0.717) is 37.8 Å². The third-order valence-corrected chi connectivity index (χ3v) is 5.97. The monoisotopic (exact) mass is 543 g/mol. The molecule has 2 amide bonds. The predicted octanol–water partition coefficient (Wildman–Crippen LogP) is 4.38. The van der Waals surface area contributed by atoms with E-state index in [0.717, 1.165) is 42.8 Å². The standard InChI is InChI=1S/C25H34FN3O2.C4H4O4/c1-19(2)18-31-24-10-6-20(7-11-24)16-27-25(30)29(23-12-14-28(3)15-13-23)17-21-4-8-22(26)9-5-21;5-3(6)1-2-4(7)8/h4-11,19,23H,12-18H2,1-3H3,(H,27,30);1-2H,(H,5,6)(H,7,8). The minimum Gasteiger partial charge on any atom is -0.493 e. The maximum atomic E-state index is 13.3. The van der Waals surface area contributed by atoms with Crippen molar-refractivity contribution in [2.75, 3.05) is 26.7 Å². The Hall–Kier alpha value is -3.92. The van der Waals surface area contributed by atoms with Crippen molar-refractivity contribution in [3.63, 3.8) is 0 Å². The van der Waals surface area contributed by atoms with Crippen molar-refractivity contribution in [3.05, 3.63) is 77.6 Å². The first-order valence-corrected chi connectivity index (χ1v) is 12.9. The van der Waals surface area contributed by atoms with Crippen LogP contribution in [0.2, 0.25) is 0 Å². The number of carboxylic acids is 2. The van der Waals surface area contributed by atoms with E-state index >= 15 is 0 Å². The highest BCUT2D eigenvalue weighted by atomic mass is 19.1. The second-order valence-electron chi connectivity index (χ2n) is 9.81. The molecule has 1 aliphatic rings. The summed E-state index contributed by atoms with van der Waals surface area (Å²) in [6.07, 6.45) is 2.99. The van der Waals surface area contributed by atoms with E-state index in [-0.39, 0.29) is 17.9 Å². The maximum absolute atomic E-state index is 13.3. The molecule has 0 saturated carbocycles. The van der Waals surface area contributed by atoms with E-state index in [1.807, 2.05) is 29.2 Å². The van der Waals surface area contributed by atoms with Gasteiger partial charge in [-0.1, -0.05) is 38.1 Å². The Morgan fingerprint density at radius 1 is 1.00 bits per heavy atom. The first kappa shape index (κ1) is 31.3. The van der Waals surface area contributed by atoms with Crippen molar-refractivity contribution in [2.24, 2.45) is 5.92 Å². The summed E-state index contributed by atoms with van der Waals surface area (Å²) in [5.74, 6) is -1.46. The third kappa shape index (κ3) is 12.4. The molecule has 0 radical (unpaired) electrons. The summed E-state index contributed by atoms with van der Waals surface area (Å²) in [4.78, 5) is 36.4. The van der Waals surface area contributed by atoms with Crippen LogP contribution in [-0.2, 0) is 22.7 Å². The van der Waals surface area contributed by atoms with Crippen LogP contribution >= 0.6 is 0 Å². The highest BCUT2D eigenvalue weighted by Crippen LogP contribution is 2.19. The van der Waals surface area contributed by atoms with Crippen LogP contribution in [0, 0.1) is 11.7 Å². The van der Waals surface area contributed by atoms with Crippen molar-refractivity contribution >= 4 is 18.0 Å². The summed E-state index contributed by atoms with van der Waals surface area (Å²) < 4.78 is 19.0. The van der Waals surface area contributed by atoms with Crippen LogP contribution in [-0.4, -0.2) is 70.8 Å². The quantitative estimate of drug-likeness (QED) is 0.381. The molecule has 1 fully saturated rings. The number of hydrogen-bond donors (Lipinski definition) is 3. The van der Waals surface area contributed by atoms with Gasteiger partial charge in [0.2, 0.25) is 0 Å². The van der Waals surface area contributed by atoms with Crippen LogP contribution in [0.1, 0.15) is 37.8 Å². The van der Waals surface area contributed by atoms with Gasteiger partial charge >= 0.3 is 18.0 Å². The fraction of sp³-hybridized carbons (Fsp3) is 0.414. The topological polar surface area (TPSA) is 119 Å². The lowest BCUT2D eigenvalue weighted by atomic mass is 10.0. The van der Waals surface area contributed by atoms with Gasteiger partial charge in [-0.05, 0) is 74.3 Å². The first-order chi connectivity index (χ1) is 18.5. The van der Waals surface area contributed by atoms with E-state index in [9.17, 15) is 18.8 Å². The summed E-state index contributed by atoms with van der Waals surface area (Å²) in [5.41, 5.74) is 1.96.